The Bertz CT molecular complexity index is 262. The van der Waals surface area contributed by atoms with E-state index >= 15 is 0 Å². The fraction of sp³-hybridized carbons (Fsp3) is 0.818. The molecule has 1 amide bonds. The first-order valence-corrected chi connectivity index (χ1v) is 5.63. The second kappa shape index (κ2) is 5.84. The summed E-state index contributed by atoms with van der Waals surface area (Å²) in [7, 11) is 1.34. The predicted molar refractivity (Wildman–Crippen MR) is 59.8 cm³/mol. The zero-order valence-electron chi connectivity index (χ0n) is 10.1. The van der Waals surface area contributed by atoms with Crippen molar-refractivity contribution in [1.29, 1.82) is 0 Å². The molecule has 2 N–H and O–H groups in total. The fourth-order valence-corrected chi connectivity index (χ4v) is 1.59. The van der Waals surface area contributed by atoms with Crippen molar-refractivity contribution in [3.8, 4) is 0 Å². The van der Waals surface area contributed by atoms with Crippen LogP contribution in [0.4, 0.5) is 0 Å². The Labute approximate surface area is 95.9 Å². The number of ether oxygens (including phenoxy) is 1. The summed E-state index contributed by atoms with van der Waals surface area (Å²) in [5, 5.41) is 5.77. The van der Waals surface area contributed by atoms with Gasteiger partial charge in [0.25, 0.3) is 0 Å². The van der Waals surface area contributed by atoms with Crippen LogP contribution in [0.1, 0.15) is 20.3 Å². The number of hydrogen-bond donors (Lipinski definition) is 2. The molecule has 0 aliphatic carbocycles. The van der Waals surface area contributed by atoms with Crippen molar-refractivity contribution < 1.29 is 14.3 Å². The Balaban J connectivity index is 2.48. The molecular formula is C11H20N2O3. The monoisotopic (exact) mass is 228 g/mol. The summed E-state index contributed by atoms with van der Waals surface area (Å²) >= 11 is 0. The largest absolute Gasteiger partial charge is 0.467 e. The summed E-state index contributed by atoms with van der Waals surface area (Å²) in [5.41, 5.74) is 0. The van der Waals surface area contributed by atoms with E-state index in [2.05, 4.69) is 15.4 Å². The minimum absolute atomic E-state index is 0.000631. The molecule has 0 spiro atoms. The molecule has 1 atom stereocenters. The van der Waals surface area contributed by atoms with E-state index in [1.807, 2.05) is 13.8 Å². The molecule has 1 saturated heterocycles. The Morgan fingerprint density at radius 3 is 2.44 bits per heavy atom. The number of carbonyl (C=O) groups excluding carboxylic acids is 2. The zero-order chi connectivity index (χ0) is 12.1. The van der Waals surface area contributed by atoms with E-state index in [0.29, 0.717) is 25.4 Å². The molecule has 0 saturated carbocycles. The smallest absolute Gasteiger partial charge is 0.328 e. The number of amides is 1. The first-order chi connectivity index (χ1) is 7.54. The molecule has 1 heterocycles. The van der Waals surface area contributed by atoms with Crippen LogP contribution in [-0.4, -0.2) is 38.1 Å². The Morgan fingerprint density at radius 1 is 1.44 bits per heavy atom. The van der Waals surface area contributed by atoms with Gasteiger partial charge in [-0.3, -0.25) is 4.79 Å². The molecule has 0 aromatic heterocycles. The van der Waals surface area contributed by atoms with Crippen LogP contribution >= 0.6 is 0 Å². The second-order valence-electron chi connectivity index (χ2n) is 4.57. The first-order valence-electron chi connectivity index (χ1n) is 5.63. The zero-order valence-corrected chi connectivity index (χ0v) is 10.1. The maximum Gasteiger partial charge on any atom is 0.328 e. The summed E-state index contributed by atoms with van der Waals surface area (Å²) in [5.74, 6) is -0.0904. The van der Waals surface area contributed by atoms with Gasteiger partial charge >= 0.3 is 5.97 Å². The van der Waals surface area contributed by atoms with E-state index < -0.39 is 6.04 Å². The van der Waals surface area contributed by atoms with Gasteiger partial charge in [0.2, 0.25) is 5.91 Å². The van der Waals surface area contributed by atoms with E-state index in [9.17, 15) is 9.59 Å². The lowest BCUT2D eigenvalue weighted by molar-refractivity contribution is -0.146. The van der Waals surface area contributed by atoms with Crippen LogP contribution in [-0.2, 0) is 14.3 Å². The molecule has 1 aliphatic rings. The van der Waals surface area contributed by atoms with Crippen LogP contribution in [0, 0.1) is 11.8 Å². The van der Waals surface area contributed by atoms with Gasteiger partial charge in [-0.05, 0) is 12.3 Å². The average molecular weight is 228 g/mol. The van der Waals surface area contributed by atoms with Gasteiger partial charge in [-0.2, -0.15) is 0 Å². The van der Waals surface area contributed by atoms with Gasteiger partial charge in [0.05, 0.1) is 13.0 Å². The van der Waals surface area contributed by atoms with Crippen LogP contribution < -0.4 is 10.6 Å². The molecule has 1 unspecified atom stereocenters. The first kappa shape index (κ1) is 13.0. The van der Waals surface area contributed by atoms with Gasteiger partial charge in [0.15, 0.2) is 0 Å². The highest BCUT2D eigenvalue weighted by Gasteiger charge is 2.29. The summed E-state index contributed by atoms with van der Waals surface area (Å²) in [6, 6.07) is -0.516. The highest BCUT2D eigenvalue weighted by Crippen LogP contribution is 2.09. The third-order valence-corrected chi connectivity index (χ3v) is 2.66. The lowest BCUT2D eigenvalue weighted by Gasteiger charge is -2.28. The molecule has 0 aromatic carbocycles. The minimum atomic E-state index is -0.516. The van der Waals surface area contributed by atoms with Crippen LogP contribution in [0.3, 0.4) is 0 Å². The molecule has 16 heavy (non-hydrogen) atoms. The number of carbonyl (C=O) groups is 2. The van der Waals surface area contributed by atoms with Crippen molar-refractivity contribution >= 4 is 11.9 Å². The van der Waals surface area contributed by atoms with Gasteiger partial charge in [-0.1, -0.05) is 13.8 Å². The number of rotatable bonds is 5. The Kier molecular flexibility index (Phi) is 4.73. The molecule has 92 valence electrons. The topological polar surface area (TPSA) is 67.4 Å². The fourth-order valence-electron chi connectivity index (χ4n) is 1.59. The van der Waals surface area contributed by atoms with E-state index in [4.69, 9.17) is 0 Å². The van der Waals surface area contributed by atoms with E-state index in [1.165, 1.54) is 7.11 Å². The van der Waals surface area contributed by atoms with E-state index in [-0.39, 0.29) is 17.8 Å². The van der Waals surface area contributed by atoms with Crippen LogP contribution in [0.2, 0.25) is 0 Å². The van der Waals surface area contributed by atoms with Gasteiger partial charge in [0, 0.05) is 13.1 Å². The minimum Gasteiger partial charge on any atom is -0.467 e. The Morgan fingerprint density at radius 2 is 2.06 bits per heavy atom. The third-order valence-electron chi connectivity index (χ3n) is 2.66. The number of nitrogens with one attached hydrogen (secondary N) is 2. The average Bonchev–Trinajstić information content (AvgIpc) is 2.11. The molecule has 5 nitrogen and oxygen atoms in total. The van der Waals surface area contributed by atoms with Crippen molar-refractivity contribution in [3.05, 3.63) is 0 Å². The van der Waals surface area contributed by atoms with Crippen molar-refractivity contribution in [2.24, 2.45) is 11.8 Å². The number of methoxy groups -OCH3 is 1. The maximum absolute atomic E-state index is 11.7. The molecule has 0 radical (unpaired) electrons. The standard InChI is InChI=1S/C11H20N2O3/c1-7(2)4-9(11(15)16-3)13-10(14)8-5-12-6-8/h7-9,12H,4-6H2,1-3H3,(H,13,14). The van der Waals surface area contributed by atoms with E-state index in [0.717, 1.165) is 0 Å². The second-order valence-corrected chi connectivity index (χ2v) is 4.57. The lowest BCUT2D eigenvalue weighted by atomic mass is 9.99. The van der Waals surface area contributed by atoms with Gasteiger partial charge < -0.3 is 15.4 Å². The van der Waals surface area contributed by atoms with Crippen molar-refractivity contribution in [1.82, 2.24) is 10.6 Å². The molecule has 1 aliphatic heterocycles. The van der Waals surface area contributed by atoms with Gasteiger partial charge in [-0.15, -0.1) is 0 Å². The lowest BCUT2D eigenvalue weighted by Crippen LogP contribution is -2.54. The van der Waals surface area contributed by atoms with E-state index in [1.54, 1.807) is 0 Å². The third kappa shape index (κ3) is 3.48. The highest BCUT2D eigenvalue weighted by atomic mass is 16.5. The highest BCUT2D eigenvalue weighted by molar-refractivity contribution is 5.86. The SMILES string of the molecule is COC(=O)C(CC(C)C)NC(=O)C1CNC1. The summed E-state index contributed by atoms with van der Waals surface area (Å²) in [4.78, 5) is 23.1. The van der Waals surface area contributed by atoms with Crippen LogP contribution in [0.25, 0.3) is 0 Å². The molecule has 0 bridgehead atoms. The molecule has 5 heteroatoms. The Hall–Kier alpha value is -1.10. The molecule has 1 fully saturated rings. The summed E-state index contributed by atoms with van der Waals surface area (Å²) in [6.07, 6.45) is 0.610. The molecule has 0 aromatic rings. The van der Waals surface area contributed by atoms with Crippen molar-refractivity contribution in [2.45, 2.75) is 26.3 Å². The summed E-state index contributed by atoms with van der Waals surface area (Å²) < 4.78 is 4.68. The molecular weight excluding hydrogens is 208 g/mol. The normalized spacial score (nSPS) is 17.8. The van der Waals surface area contributed by atoms with Crippen molar-refractivity contribution in [3.63, 3.8) is 0 Å². The van der Waals surface area contributed by atoms with Gasteiger partial charge in [0.1, 0.15) is 6.04 Å². The van der Waals surface area contributed by atoms with Gasteiger partial charge in [-0.25, -0.2) is 4.79 Å². The number of hydrogen-bond acceptors (Lipinski definition) is 4. The molecule has 1 rings (SSSR count). The quantitative estimate of drug-likeness (QED) is 0.645. The van der Waals surface area contributed by atoms with Crippen LogP contribution in [0.5, 0.6) is 0 Å². The number of esters is 1. The van der Waals surface area contributed by atoms with Crippen molar-refractivity contribution in [2.75, 3.05) is 20.2 Å². The maximum atomic E-state index is 11.7. The van der Waals surface area contributed by atoms with Crippen LogP contribution in [0.15, 0.2) is 0 Å². The predicted octanol–water partition coefficient (Wildman–Crippen LogP) is -0.0903. The summed E-state index contributed by atoms with van der Waals surface area (Å²) in [6.45, 7) is 5.41.